The van der Waals surface area contributed by atoms with Crippen molar-refractivity contribution in [2.24, 2.45) is 5.92 Å². The molecule has 1 aromatic rings. The van der Waals surface area contributed by atoms with E-state index in [0.29, 0.717) is 24.5 Å². The second-order valence-corrected chi connectivity index (χ2v) is 6.93. The molecular formula is C18H28ClN3O3. The molecule has 0 atom stereocenters. The van der Waals surface area contributed by atoms with Crippen molar-refractivity contribution >= 4 is 23.4 Å². The average Bonchev–Trinajstić information content (AvgIpc) is 2.58. The average molecular weight is 370 g/mol. The molecule has 6 nitrogen and oxygen atoms in total. The Bertz CT molecular complexity index is 602. The van der Waals surface area contributed by atoms with Crippen LogP contribution in [-0.4, -0.2) is 47.2 Å². The summed E-state index contributed by atoms with van der Waals surface area (Å²) in [6, 6.07) is 0. The number of piperidine rings is 1. The third kappa shape index (κ3) is 4.98. The molecule has 0 saturated carbocycles. The maximum Gasteiger partial charge on any atom is 0.341 e. The standard InChI is InChI=1S/C18H28ClN3O3/c1-3-5-8-22-9-6-12(7-10-22)11-13-14(18(23)24)17(25-4-2)21-16(20)15(13)19/h12H,3-11H2,1-2H3,(H2,20,21)(H,23,24). The fourth-order valence-electron chi connectivity index (χ4n) is 3.35. The third-order valence-electron chi connectivity index (χ3n) is 4.75. The Hall–Kier alpha value is -1.53. The highest BCUT2D eigenvalue weighted by Gasteiger charge is 2.27. The SMILES string of the molecule is CCCCN1CCC(Cc2c(Cl)c(N)nc(OCC)c2C(=O)O)CC1. The maximum atomic E-state index is 11.8. The van der Waals surface area contributed by atoms with E-state index in [1.807, 2.05) is 0 Å². The van der Waals surface area contributed by atoms with Crippen LogP contribution < -0.4 is 10.5 Å². The molecule has 0 aliphatic carbocycles. The summed E-state index contributed by atoms with van der Waals surface area (Å²) < 4.78 is 5.39. The van der Waals surface area contributed by atoms with E-state index in [4.69, 9.17) is 22.1 Å². The number of rotatable bonds is 8. The first-order chi connectivity index (χ1) is 12.0. The van der Waals surface area contributed by atoms with Crippen LogP contribution in [0.1, 0.15) is 55.5 Å². The molecule has 1 aliphatic heterocycles. The van der Waals surface area contributed by atoms with Gasteiger partial charge in [-0.2, -0.15) is 4.98 Å². The molecule has 1 saturated heterocycles. The van der Waals surface area contributed by atoms with Crippen LogP contribution in [0.2, 0.25) is 5.02 Å². The zero-order valence-corrected chi connectivity index (χ0v) is 15.8. The van der Waals surface area contributed by atoms with Gasteiger partial charge in [0, 0.05) is 0 Å². The lowest BCUT2D eigenvalue weighted by molar-refractivity contribution is 0.0689. The quantitative estimate of drug-likeness (QED) is 0.729. The minimum absolute atomic E-state index is 0.0504. The number of carboxylic acid groups (broad SMARTS) is 1. The number of aromatic nitrogens is 1. The van der Waals surface area contributed by atoms with Gasteiger partial charge in [-0.05, 0) is 63.7 Å². The number of likely N-dealkylation sites (tertiary alicyclic amines) is 1. The lowest BCUT2D eigenvalue weighted by Crippen LogP contribution is -2.35. The number of nitrogen functional groups attached to an aromatic ring is 1. The van der Waals surface area contributed by atoms with Crippen molar-refractivity contribution in [3.05, 3.63) is 16.1 Å². The van der Waals surface area contributed by atoms with Crippen LogP contribution in [-0.2, 0) is 6.42 Å². The van der Waals surface area contributed by atoms with E-state index in [2.05, 4.69) is 16.8 Å². The zero-order chi connectivity index (χ0) is 18.4. The fourth-order valence-corrected chi connectivity index (χ4v) is 3.56. The summed E-state index contributed by atoms with van der Waals surface area (Å²) >= 11 is 6.31. The first kappa shape index (κ1) is 19.8. The summed E-state index contributed by atoms with van der Waals surface area (Å²) in [5, 5.41) is 9.87. The number of ether oxygens (including phenoxy) is 1. The number of nitrogens with two attached hydrogens (primary N) is 1. The van der Waals surface area contributed by atoms with Crippen molar-refractivity contribution in [2.45, 2.75) is 46.0 Å². The van der Waals surface area contributed by atoms with Crippen molar-refractivity contribution < 1.29 is 14.6 Å². The van der Waals surface area contributed by atoms with E-state index in [1.54, 1.807) is 6.92 Å². The number of halogens is 1. The summed E-state index contributed by atoms with van der Waals surface area (Å²) in [5.41, 5.74) is 6.48. The van der Waals surface area contributed by atoms with E-state index in [0.717, 1.165) is 32.5 Å². The lowest BCUT2D eigenvalue weighted by atomic mass is 9.88. The Labute approximate surface area is 154 Å². The van der Waals surface area contributed by atoms with Crippen LogP contribution in [0.4, 0.5) is 5.82 Å². The molecule has 2 rings (SSSR count). The number of nitrogens with zero attached hydrogens (tertiary/aromatic N) is 2. The molecule has 3 N–H and O–H groups in total. The molecule has 25 heavy (non-hydrogen) atoms. The van der Waals surface area contributed by atoms with Crippen LogP contribution in [0.3, 0.4) is 0 Å². The predicted molar refractivity (Wildman–Crippen MR) is 99.6 cm³/mol. The summed E-state index contributed by atoms with van der Waals surface area (Å²) in [5.74, 6) is -0.490. The first-order valence-corrected chi connectivity index (χ1v) is 9.41. The third-order valence-corrected chi connectivity index (χ3v) is 5.17. The molecule has 0 amide bonds. The smallest absolute Gasteiger partial charge is 0.341 e. The predicted octanol–water partition coefficient (Wildman–Crippen LogP) is 3.47. The largest absolute Gasteiger partial charge is 0.477 e. The highest BCUT2D eigenvalue weighted by atomic mass is 35.5. The summed E-state index contributed by atoms with van der Waals surface area (Å²) in [6.45, 7) is 7.54. The van der Waals surface area contributed by atoms with Gasteiger partial charge in [-0.1, -0.05) is 24.9 Å². The Morgan fingerprint density at radius 3 is 2.64 bits per heavy atom. The van der Waals surface area contributed by atoms with Crippen molar-refractivity contribution in [3.63, 3.8) is 0 Å². The molecule has 0 radical (unpaired) electrons. The molecule has 0 spiro atoms. The fraction of sp³-hybridized carbons (Fsp3) is 0.667. The van der Waals surface area contributed by atoms with E-state index in [1.165, 1.54) is 12.8 Å². The highest BCUT2D eigenvalue weighted by Crippen LogP contribution is 2.35. The zero-order valence-electron chi connectivity index (χ0n) is 15.1. The van der Waals surface area contributed by atoms with Crippen LogP contribution >= 0.6 is 11.6 Å². The molecular weight excluding hydrogens is 342 g/mol. The number of hydrogen-bond acceptors (Lipinski definition) is 5. The minimum atomic E-state index is -1.08. The molecule has 1 aromatic heterocycles. The van der Waals surface area contributed by atoms with Crippen molar-refractivity contribution in [1.82, 2.24) is 9.88 Å². The Morgan fingerprint density at radius 1 is 1.40 bits per heavy atom. The topological polar surface area (TPSA) is 88.7 Å². The molecule has 140 valence electrons. The van der Waals surface area contributed by atoms with Gasteiger partial charge in [0.15, 0.2) is 0 Å². The van der Waals surface area contributed by atoms with Gasteiger partial charge in [0.25, 0.3) is 0 Å². The monoisotopic (exact) mass is 369 g/mol. The van der Waals surface area contributed by atoms with E-state index in [-0.39, 0.29) is 22.3 Å². The van der Waals surface area contributed by atoms with Gasteiger partial charge < -0.3 is 20.5 Å². The number of hydrogen-bond donors (Lipinski definition) is 2. The summed E-state index contributed by atoms with van der Waals surface area (Å²) in [4.78, 5) is 18.3. The van der Waals surface area contributed by atoms with E-state index in [9.17, 15) is 9.90 Å². The molecule has 1 fully saturated rings. The van der Waals surface area contributed by atoms with Gasteiger partial charge in [-0.25, -0.2) is 4.79 Å². The number of carboxylic acids is 1. The maximum absolute atomic E-state index is 11.8. The normalized spacial score (nSPS) is 16.1. The van der Waals surface area contributed by atoms with Crippen molar-refractivity contribution in [1.29, 1.82) is 0 Å². The van der Waals surface area contributed by atoms with Crippen LogP contribution in [0.25, 0.3) is 0 Å². The van der Waals surface area contributed by atoms with Gasteiger partial charge in [-0.3, -0.25) is 0 Å². The Balaban J connectivity index is 2.17. The molecule has 0 unspecified atom stereocenters. The number of unbranched alkanes of at least 4 members (excludes halogenated alkanes) is 1. The molecule has 0 bridgehead atoms. The number of carbonyl (C=O) groups is 1. The molecule has 7 heteroatoms. The van der Waals surface area contributed by atoms with Gasteiger partial charge in [-0.15, -0.1) is 0 Å². The summed E-state index contributed by atoms with van der Waals surface area (Å²) in [6.07, 6.45) is 5.08. The van der Waals surface area contributed by atoms with Crippen LogP contribution in [0.5, 0.6) is 5.88 Å². The Kier molecular flexibility index (Phi) is 7.32. The van der Waals surface area contributed by atoms with Gasteiger partial charge in [0.2, 0.25) is 5.88 Å². The van der Waals surface area contributed by atoms with Gasteiger partial charge >= 0.3 is 5.97 Å². The van der Waals surface area contributed by atoms with E-state index < -0.39 is 5.97 Å². The minimum Gasteiger partial charge on any atom is -0.477 e. The van der Waals surface area contributed by atoms with Gasteiger partial charge in [0.1, 0.15) is 11.4 Å². The second kappa shape index (κ2) is 9.25. The number of anilines is 1. The molecule has 1 aliphatic rings. The lowest BCUT2D eigenvalue weighted by Gasteiger charge is -2.32. The van der Waals surface area contributed by atoms with E-state index >= 15 is 0 Å². The number of pyridine rings is 1. The number of aromatic carboxylic acids is 1. The molecule has 2 heterocycles. The van der Waals surface area contributed by atoms with Gasteiger partial charge in [0.05, 0.1) is 11.6 Å². The van der Waals surface area contributed by atoms with Crippen molar-refractivity contribution in [3.8, 4) is 5.88 Å². The highest BCUT2D eigenvalue weighted by molar-refractivity contribution is 6.34. The molecule has 0 aromatic carbocycles. The summed E-state index contributed by atoms with van der Waals surface area (Å²) in [7, 11) is 0. The first-order valence-electron chi connectivity index (χ1n) is 9.04. The van der Waals surface area contributed by atoms with Crippen molar-refractivity contribution in [2.75, 3.05) is 32.0 Å². The Morgan fingerprint density at radius 2 is 2.08 bits per heavy atom. The van der Waals surface area contributed by atoms with Crippen LogP contribution in [0.15, 0.2) is 0 Å². The second-order valence-electron chi connectivity index (χ2n) is 6.55. The van der Waals surface area contributed by atoms with Crippen LogP contribution in [0, 0.1) is 5.92 Å².